The SMILES string of the molecule is Cc1ccsc1C=CC(=O)Nc1cccc2cccnc12. The molecule has 21 heavy (non-hydrogen) atoms. The average molecular weight is 294 g/mol. The molecule has 1 N–H and O–H groups in total. The van der Waals surface area contributed by atoms with E-state index >= 15 is 0 Å². The van der Waals surface area contributed by atoms with Crippen LogP contribution in [0.3, 0.4) is 0 Å². The fourth-order valence-corrected chi connectivity index (χ4v) is 2.91. The number of anilines is 1. The summed E-state index contributed by atoms with van der Waals surface area (Å²) in [5, 5.41) is 5.91. The van der Waals surface area contributed by atoms with Gasteiger partial charge in [-0.1, -0.05) is 18.2 Å². The summed E-state index contributed by atoms with van der Waals surface area (Å²) < 4.78 is 0. The van der Waals surface area contributed by atoms with E-state index in [0.29, 0.717) is 0 Å². The Hall–Kier alpha value is -2.46. The van der Waals surface area contributed by atoms with Gasteiger partial charge in [-0.25, -0.2) is 0 Å². The van der Waals surface area contributed by atoms with E-state index in [4.69, 9.17) is 0 Å². The van der Waals surface area contributed by atoms with Gasteiger partial charge in [0, 0.05) is 22.5 Å². The van der Waals surface area contributed by atoms with Crippen LogP contribution in [0.2, 0.25) is 0 Å². The fraction of sp³-hybridized carbons (Fsp3) is 0.0588. The van der Waals surface area contributed by atoms with Crippen molar-refractivity contribution >= 4 is 39.9 Å². The molecule has 0 saturated carbocycles. The molecule has 1 aromatic carbocycles. The van der Waals surface area contributed by atoms with Crippen molar-refractivity contribution in [2.75, 3.05) is 5.32 Å². The molecule has 0 aliphatic carbocycles. The van der Waals surface area contributed by atoms with Crippen LogP contribution in [0.4, 0.5) is 5.69 Å². The summed E-state index contributed by atoms with van der Waals surface area (Å²) in [6, 6.07) is 11.6. The number of thiophene rings is 1. The number of amides is 1. The normalized spacial score (nSPS) is 11.1. The van der Waals surface area contributed by atoms with Crippen molar-refractivity contribution < 1.29 is 4.79 Å². The minimum Gasteiger partial charge on any atom is -0.321 e. The van der Waals surface area contributed by atoms with Gasteiger partial charge in [-0.3, -0.25) is 9.78 Å². The first-order valence-corrected chi connectivity index (χ1v) is 7.49. The van der Waals surface area contributed by atoms with Gasteiger partial charge >= 0.3 is 0 Å². The van der Waals surface area contributed by atoms with E-state index in [1.165, 1.54) is 5.56 Å². The lowest BCUT2D eigenvalue weighted by Gasteiger charge is -2.05. The van der Waals surface area contributed by atoms with E-state index in [1.54, 1.807) is 23.6 Å². The van der Waals surface area contributed by atoms with Crippen LogP contribution in [0.25, 0.3) is 17.0 Å². The summed E-state index contributed by atoms with van der Waals surface area (Å²) in [6.07, 6.45) is 5.12. The number of benzene rings is 1. The van der Waals surface area contributed by atoms with Crippen molar-refractivity contribution in [3.8, 4) is 0 Å². The number of para-hydroxylation sites is 1. The van der Waals surface area contributed by atoms with Crippen LogP contribution in [-0.4, -0.2) is 10.9 Å². The highest BCUT2D eigenvalue weighted by atomic mass is 32.1. The van der Waals surface area contributed by atoms with Crippen LogP contribution in [0.15, 0.2) is 54.1 Å². The summed E-state index contributed by atoms with van der Waals surface area (Å²) in [7, 11) is 0. The molecule has 0 aliphatic rings. The van der Waals surface area contributed by atoms with Gasteiger partial charge in [0.15, 0.2) is 0 Å². The predicted molar refractivity (Wildman–Crippen MR) is 88.5 cm³/mol. The summed E-state index contributed by atoms with van der Waals surface area (Å²) in [4.78, 5) is 17.5. The molecule has 1 amide bonds. The first kappa shape index (κ1) is 13.5. The second kappa shape index (κ2) is 5.89. The van der Waals surface area contributed by atoms with Crippen molar-refractivity contribution in [1.29, 1.82) is 0 Å². The molecule has 0 aliphatic heterocycles. The van der Waals surface area contributed by atoms with E-state index in [0.717, 1.165) is 21.5 Å². The number of pyridine rings is 1. The maximum absolute atomic E-state index is 12.0. The number of nitrogens with one attached hydrogen (secondary N) is 1. The Kier molecular flexibility index (Phi) is 3.79. The van der Waals surface area contributed by atoms with Gasteiger partial charge in [0.05, 0.1) is 11.2 Å². The van der Waals surface area contributed by atoms with Crippen LogP contribution < -0.4 is 5.32 Å². The van der Waals surface area contributed by atoms with E-state index in [9.17, 15) is 4.79 Å². The molecule has 0 fully saturated rings. The molecule has 0 atom stereocenters. The molecular formula is C17H14N2OS. The minimum absolute atomic E-state index is 0.152. The smallest absolute Gasteiger partial charge is 0.248 e. The number of carbonyl (C=O) groups is 1. The molecule has 3 rings (SSSR count). The van der Waals surface area contributed by atoms with Crippen molar-refractivity contribution in [1.82, 2.24) is 4.98 Å². The fourth-order valence-electron chi connectivity index (χ4n) is 2.09. The van der Waals surface area contributed by atoms with Crippen LogP contribution >= 0.6 is 11.3 Å². The molecule has 2 heterocycles. The maximum Gasteiger partial charge on any atom is 0.248 e. The molecule has 104 valence electrons. The van der Waals surface area contributed by atoms with Gasteiger partial charge in [-0.15, -0.1) is 11.3 Å². The Bertz CT molecular complexity index is 815. The summed E-state index contributed by atoms with van der Waals surface area (Å²) in [5.74, 6) is -0.152. The van der Waals surface area contributed by atoms with E-state index < -0.39 is 0 Å². The largest absolute Gasteiger partial charge is 0.321 e. The van der Waals surface area contributed by atoms with Crippen molar-refractivity contribution in [2.45, 2.75) is 6.92 Å². The van der Waals surface area contributed by atoms with Crippen molar-refractivity contribution in [3.05, 3.63) is 64.5 Å². The Morgan fingerprint density at radius 2 is 2.10 bits per heavy atom. The summed E-state index contributed by atoms with van der Waals surface area (Å²) >= 11 is 1.62. The standard InChI is InChI=1S/C17H14N2OS/c1-12-9-11-21-15(12)7-8-16(20)19-14-6-2-4-13-5-3-10-18-17(13)14/h2-11H,1H3,(H,19,20). The molecule has 3 aromatic rings. The van der Waals surface area contributed by atoms with Crippen LogP contribution in [-0.2, 0) is 4.79 Å². The van der Waals surface area contributed by atoms with Crippen molar-refractivity contribution in [2.24, 2.45) is 0 Å². The second-order valence-electron chi connectivity index (χ2n) is 4.67. The topological polar surface area (TPSA) is 42.0 Å². The molecule has 0 spiro atoms. The molecule has 0 unspecified atom stereocenters. The number of rotatable bonds is 3. The Morgan fingerprint density at radius 1 is 1.24 bits per heavy atom. The number of aryl methyl sites for hydroxylation is 1. The summed E-state index contributed by atoms with van der Waals surface area (Å²) in [6.45, 7) is 2.03. The van der Waals surface area contributed by atoms with Crippen molar-refractivity contribution in [3.63, 3.8) is 0 Å². The van der Waals surface area contributed by atoms with E-state index in [2.05, 4.69) is 10.3 Å². The highest BCUT2D eigenvalue weighted by Crippen LogP contribution is 2.21. The Labute approximate surface area is 127 Å². The highest BCUT2D eigenvalue weighted by Gasteiger charge is 2.04. The van der Waals surface area contributed by atoms with E-state index in [-0.39, 0.29) is 5.91 Å². The summed E-state index contributed by atoms with van der Waals surface area (Å²) in [5.41, 5.74) is 2.70. The van der Waals surface area contributed by atoms with Crippen LogP contribution in [0.5, 0.6) is 0 Å². The zero-order valence-corrected chi connectivity index (χ0v) is 12.4. The monoisotopic (exact) mass is 294 g/mol. The van der Waals surface area contributed by atoms with Gasteiger partial charge in [0.1, 0.15) is 0 Å². The second-order valence-corrected chi connectivity index (χ2v) is 5.62. The number of hydrogen-bond acceptors (Lipinski definition) is 3. The lowest BCUT2D eigenvalue weighted by Crippen LogP contribution is -2.08. The molecule has 3 nitrogen and oxygen atoms in total. The molecule has 0 radical (unpaired) electrons. The third kappa shape index (κ3) is 3.01. The third-order valence-electron chi connectivity index (χ3n) is 3.18. The molecule has 4 heteroatoms. The Morgan fingerprint density at radius 3 is 2.90 bits per heavy atom. The number of hydrogen-bond donors (Lipinski definition) is 1. The van der Waals surface area contributed by atoms with Gasteiger partial charge < -0.3 is 5.32 Å². The van der Waals surface area contributed by atoms with Crippen LogP contribution in [0.1, 0.15) is 10.4 Å². The van der Waals surface area contributed by atoms with Gasteiger partial charge in [0.2, 0.25) is 5.91 Å². The lowest BCUT2D eigenvalue weighted by molar-refractivity contribution is -0.111. The Balaban J connectivity index is 1.81. The number of nitrogens with zero attached hydrogens (tertiary/aromatic N) is 1. The number of aromatic nitrogens is 1. The van der Waals surface area contributed by atoms with E-state index in [1.807, 2.05) is 54.8 Å². The zero-order valence-electron chi connectivity index (χ0n) is 11.5. The average Bonchev–Trinajstić information content (AvgIpc) is 2.91. The lowest BCUT2D eigenvalue weighted by atomic mass is 10.2. The van der Waals surface area contributed by atoms with Gasteiger partial charge in [-0.05, 0) is 42.1 Å². The maximum atomic E-state index is 12.0. The number of fused-ring (bicyclic) bond motifs is 1. The van der Waals surface area contributed by atoms with Gasteiger partial charge in [-0.2, -0.15) is 0 Å². The molecular weight excluding hydrogens is 280 g/mol. The molecule has 0 bridgehead atoms. The molecule has 0 saturated heterocycles. The van der Waals surface area contributed by atoms with Crippen LogP contribution in [0, 0.1) is 6.92 Å². The first-order valence-electron chi connectivity index (χ1n) is 6.61. The quantitative estimate of drug-likeness (QED) is 0.733. The predicted octanol–water partition coefficient (Wildman–Crippen LogP) is 4.26. The first-order chi connectivity index (χ1) is 10.2. The molecule has 2 aromatic heterocycles. The van der Waals surface area contributed by atoms with Gasteiger partial charge in [0.25, 0.3) is 0 Å². The minimum atomic E-state index is -0.152. The third-order valence-corrected chi connectivity index (χ3v) is 4.16. The zero-order chi connectivity index (χ0) is 14.7. The highest BCUT2D eigenvalue weighted by molar-refractivity contribution is 7.11. The number of carbonyl (C=O) groups excluding carboxylic acids is 1.